The van der Waals surface area contributed by atoms with E-state index in [1.54, 1.807) is 0 Å². The number of amides is 1. The van der Waals surface area contributed by atoms with Crippen LogP contribution in [0.2, 0.25) is 0 Å². The number of nitrogens with zero attached hydrogens (tertiary/aromatic N) is 4. The monoisotopic (exact) mass is 331 g/mol. The Morgan fingerprint density at radius 1 is 1.64 bits per heavy atom. The van der Waals surface area contributed by atoms with E-state index in [0.29, 0.717) is 13.0 Å². The Bertz CT molecular complexity index is 502. The van der Waals surface area contributed by atoms with Crippen molar-refractivity contribution in [2.45, 2.75) is 38.8 Å². The van der Waals surface area contributed by atoms with Gasteiger partial charge >= 0.3 is 5.69 Å². The quantitative estimate of drug-likeness (QED) is 0.598. The third-order valence-corrected chi connectivity index (χ3v) is 3.65. The highest BCUT2D eigenvalue weighted by Gasteiger charge is 2.25. The summed E-state index contributed by atoms with van der Waals surface area (Å²) in [5, 5.41) is 17.8. The minimum atomic E-state index is -0.487. The number of carbonyl (C=O) groups excluding carboxylic acids is 1. The maximum atomic E-state index is 12.4. The van der Waals surface area contributed by atoms with Crippen LogP contribution in [0, 0.1) is 10.1 Å². The maximum Gasteiger partial charge on any atom is 0.306 e. The molecule has 1 N–H and O–H groups in total. The fourth-order valence-corrected chi connectivity index (χ4v) is 2.58. The zero-order valence-electron chi connectivity index (χ0n) is 12.6. The van der Waals surface area contributed by atoms with E-state index < -0.39 is 4.92 Å². The van der Waals surface area contributed by atoms with E-state index in [9.17, 15) is 14.9 Å². The van der Waals surface area contributed by atoms with Crippen molar-refractivity contribution in [3.05, 3.63) is 22.5 Å². The summed E-state index contributed by atoms with van der Waals surface area (Å²) < 4.78 is 1.45. The fraction of sp³-hybridized carbons (Fsp3) is 0.692. The molecular weight excluding hydrogens is 310 g/mol. The lowest BCUT2D eigenvalue weighted by molar-refractivity contribution is -0.385. The summed E-state index contributed by atoms with van der Waals surface area (Å²) in [6, 6.07) is 0.268. The molecule has 1 unspecified atom stereocenters. The van der Waals surface area contributed by atoms with Crippen LogP contribution >= 0.6 is 12.4 Å². The molecule has 9 heteroatoms. The van der Waals surface area contributed by atoms with Crippen molar-refractivity contribution < 1.29 is 9.72 Å². The van der Waals surface area contributed by atoms with Gasteiger partial charge in [0.15, 0.2) is 0 Å². The summed E-state index contributed by atoms with van der Waals surface area (Å²) in [7, 11) is 0. The molecule has 2 heterocycles. The predicted molar refractivity (Wildman–Crippen MR) is 84.0 cm³/mol. The molecule has 0 radical (unpaired) electrons. The van der Waals surface area contributed by atoms with E-state index in [1.807, 2.05) is 4.90 Å². The lowest BCUT2D eigenvalue weighted by atomic mass is 10.2. The zero-order valence-corrected chi connectivity index (χ0v) is 13.4. The average molecular weight is 332 g/mol. The Labute approximate surface area is 135 Å². The minimum absolute atomic E-state index is 0. The molecule has 1 aliphatic heterocycles. The molecule has 8 nitrogen and oxygen atoms in total. The van der Waals surface area contributed by atoms with Crippen LogP contribution in [0.1, 0.15) is 26.2 Å². The van der Waals surface area contributed by atoms with Gasteiger partial charge in [0, 0.05) is 32.1 Å². The lowest BCUT2D eigenvalue weighted by Gasteiger charge is -2.28. The smallest absolute Gasteiger partial charge is 0.306 e. The van der Waals surface area contributed by atoms with E-state index >= 15 is 0 Å². The normalized spacial score (nSPS) is 17.0. The van der Waals surface area contributed by atoms with Crippen LogP contribution in [0.4, 0.5) is 5.69 Å². The molecule has 0 bridgehead atoms. The second-order valence-electron chi connectivity index (χ2n) is 5.20. The van der Waals surface area contributed by atoms with Crippen LogP contribution in [-0.2, 0) is 11.3 Å². The van der Waals surface area contributed by atoms with E-state index in [2.05, 4.69) is 17.3 Å². The molecule has 0 spiro atoms. The first-order valence-corrected chi connectivity index (χ1v) is 7.29. The number of halogens is 1. The van der Waals surface area contributed by atoms with E-state index in [-0.39, 0.29) is 30.0 Å². The molecule has 1 aromatic rings. The van der Waals surface area contributed by atoms with Crippen molar-refractivity contribution >= 4 is 24.0 Å². The molecule has 1 saturated heterocycles. The van der Waals surface area contributed by atoms with Gasteiger partial charge in [-0.1, -0.05) is 6.92 Å². The summed E-state index contributed by atoms with van der Waals surface area (Å²) >= 11 is 0. The van der Waals surface area contributed by atoms with Crippen LogP contribution in [-0.4, -0.2) is 51.2 Å². The van der Waals surface area contributed by atoms with Gasteiger partial charge in [-0.25, -0.2) is 0 Å². The number of aryl methyl sites for hydroxylation is 1. The van der Waals surface area contributed by atoms with Crippen LogP contribution in [0.3, 0.4) is 0 Å². The highest BCUT2D eigenvalue weighted by atomic mass is 35.5. The van der Waals surface area contributed by atoms with Crippen molar-refractivity contribution in [1.82, 2.24) is 20.0 Å². The predicted octanol–water partition coefficient (Wildman–Crippen LogP) is 1.20. The SMILES string of the molecule is CCCN(C(=O)CCn1cc([N+](=O)[O-])cn1)C1CCNC1.Cl. The summed E-state index contributed by atoms with van der Waals surface area (Å²) in [4.78, 5) is 24.4. The topological polar surface area (TPSA) is 93.3 Å². The van der Waals surface area contributed by atoms with E-state index in [1.165, 1.54) is 17.1 Å². The number of hydrogen-bond acceptors (Lipinski definition) is 5. The number of rotatable bonds is 7. The fourth-order valence-electron chi connectivity index (χ4n) is 2.58. The van der Waals surface area contributed by atoms with Gasteiger partial charge in [0.2, 0.25) is 5.91 Å². The van der Waals surface area contributed by atoms with Crippen LogP contribution < -0.4 is 5.32 Å². The molecule has 1 aromatic heterocycles. The van der Waals surface area contributed by atoms with Gasteiger partial charge in [0.1, 0.15) is 12.4 Å². The third kappa shape index (κ3) is 4.67. The van der Waals surface area contributed by atoms with E-state index in [0.717, 1.165) is 32.5 Å². The highest BCUT2D eigenvalue weighted by Crippen LogP contribution is 2.12. The molecule has 0 aliphatic carbocycles. The first-order valence-electron chi connectivity index (χ1n) is 7.29. The molecule has 1 amide bonds. The van der Waals surface area contributed by atoms with Crippen LogP contribution in [0.5, 0.6) is 0 Å². The van der Waals surface area contributed by atoms with Gasteiger partial charge in [-0.15, -0.1) is 12.4 Å². The summed E-state index contributed by atoms with van der Waals surface area (Å²) in [6.07, 6.45) is 4.79. The number of aromatic nitrogens is 2. The van der Waals surface area contributed by atoms with Crippen LogP contribution in [0.25, 0.3) is 0 Å². The summed E-state index contributed by atoms with van der Waals surface area (Å²) in [5.41, 5.74) is -0.0483. The van der Waals surface area contributed by atoms with Gasteiger partial charge in [-0.05, 0) is 19.4 Å². The third-order valence-electron chi connectivity index (χ3n) is 3.65. The molecule has 22 heavy (non-hydrogen) atoms. The minimum Gasteiger partial charge on any atom is -0.338 e. The Kier molecular flexibility index (Phi) is 7.26. The van der Waals surface area contributed by atoms with Crippen molar-refractivity contribution in [2.75, 3.05) is 19.6 Å². The molecule has 1 aliphatic rings. The Morgan fingerprint density at radius 3 is 2.95 bits per heavy atom. The van der Waals surface area contributed by atoms with Crippen LogP contribution in [0.15, 0.2) is 12.4 Å². The van der Waals surface area contributed by atoms with Gasteiger partial charge in [0.25, 0.3) is 0 Å². The van der Waals surface area contributed by atoms with Crippen molar-refractivity contribution in [3.63, 3.8) is 0 Å². The van der Waals surface area contributed by atoms with Crippen molar-refractivity contribution in [3.8, 4) is 0 Å². The first-order chi connectivity index (χ1) is 10.1. The molecule has 1 fully saturated rings. The summed E-state index contributed by atoms with van der Waals surface area (Å²) in [5.74, 6) is 0.0868. The van der Waals surface area contributed by atoms with Gasteiger partial charge in [0.05, 0.1) is 4.92 Å². The summed E-state index contributed by atoms with van der Waals surface area (Å²) in [6.45, 7) is 4.97. The molecule has 124 valence electrons. The second-order valence-corrected chi connectivity index (χ2v) is 5.20. The number of nitrogens with one attached hydrogen (secondary N) is 1. The highest BCUT2D eigenvalue weighted by molar-refractivity contribution is 5.85. The standard InChI is InChI=1S/C13H21N5O3.ClH/c1-2-6-17(11-3-5-14-8-11)13(19)4-7-16-10-12(9-15-16)18(20)21;/h9-11,14H,2-8H2,1H3;1H. The van der Waals surface area contributed by atoms with Crippen molar-refractivity contribution in [1.29, 1.82) is 0 Å². The van der Waals surface area contributed by atoms with Gasteiger partial charge < -0.3 is 10.2 Å². The number of nitro groups is 1. The Balaban J connectivity index is 0.00000242. The zero-order chi connectivity index (χ0) is 15.2. The second kappa shape index (κ2) is 8.70. The van der Waals surface area contributed by atoms with Gasteiger partial charge in [-0.2, -0.15) is 5.10 Å². The lowest BCUT2D eigenvalue weighted by Crippen LogP contribution is -2.42. The maximum absolute atomic E-state index is 12.4. The van der Waals surface area contributed by atoms with Crippen molar-refractivity contribution in [2.24, 2.45) is 0 Å². The first kappa shape index (κ1) is 18.4. The number of hydrogen-bond donors (Lipinski definition) is 1. The molecule has 0 saturated carbocycles. The Hall–Kier alpha value is -1.67. The number of carbonyl (C=O) groups is 1. The molecule has 1 atom stereocenters. The average Bonchev–Trinajstić information content (AvgIpc) is 3.13. The largest absolute Gasteiger partial charge is 0.338 e. The van der Waals surface area contributed by atoms with E-state index in [4.69, 9.17) is 0 Å². The molecular formula is C13H22ClN5O3. The Morgan fingerprint density at radius 2 is 2.41 bits per heavy atom. The molecule has 0 aromatic carbocycles. The molecule has 2 rings (SSSR count). The van der Waals surface area contributed by atoms with Gasteiger partial charge in [-0.3, -0.25) is 19.6 Å².